The Bertz CT molecular complexity index is 672. The van der Waals surface area contributed by atoms with Gasteiger partial charge >= 0.3 is 0 Å². The molecule has 3 rings (SSSR count). The summed E-state index contributed by atoms with van der Waals surface area (Å²) in [5.74, 6) is 1.11. The van der Waals surface area contributed by atoms with Gasteiger partial charge in [-0.05, 0) is 18.6 Å². The second kappa shape index (κ2) is 7.77. The molecule has 1 aliphatic heterocycles. The monoisotopic (exact) mass is 350 g/mol. The van der Waals surface area contributed by atoms with Crippen molar-refractivity contribution in [1.82, 2.24) is 14.9 Å². The summed E-state index contributed by atoms with van der Waals surface area (Å²) in [5.41, 5.74) is 0.597. The summed E-state index contributed by atoms with van der Waals surface area (Å²) in [4.78, 5) is 13.1. The van der Waals surface area contributed by atoms with Gasteiger partial charge in [-0.3, -0.25) is 9.88 Å². The van der Waals surface area contributed by atoms with Crippen LogP contribution >= 0.6 is 11.6 Å². The standard InChI is InChI=1S/C17H20ClFN4O/c1-24-17-12-20-11-16(21-17)23-9-7-22(8-10-23)6-5-13-14(18)3-2-4-15(13)19/h2-4,11-12H,5-10H2,1H3. The molecule has 1 saturated heterocycles. The van der Waals surface area contributed by atoms with E-state index in [2.05, 4.69) is 19.8 Å². The van der Waals surface area contributed by atoms with Crippen LogP contribution in [0.4, 0.5) is 10.2 Å². The van der Waals surface area contributed by atoms with Crippen LogP contribution in [0, 0.1) is 5.82 Å². The van der Waals surface area contributed by atoms with E-state index >= 15 is 0 Å². The maximum Gasteiger partial charge on any atom is 0.233 e. The largest absolute Gasteiger partial charge is 0.480 e. The Kier molecular flexibility index (Phi) is 5.48. The van der Waals surface area contributed by atoms with Crippen molar-refractivity contribution >= 4 is 17.4 Å². The van der Waals surface area contributed by atoms with Crippen LogP contribution in [0.3, 0.4) is 0 Å². The van der Waals surface area contributed by atoms with E-state index < -0.39 is 0 Å². The zero-order chi connectivity index (χ0) is 16.9. The zero-order valence-electron chi connectivity index (χ0n) is 13.6. The Morgan fingerprint density at radius 1 is 1.21 bits per heavy atom. The lowest BCUT2D eigenvalue weighted by Gasteiger charge is -2.35. The van der Waals surface area contributed by atoms with E-state index in [-0.39, 0.29) is 5.82 Å². The van der Waals surface area contributed by atoms with Gasteiger partial charge in [-0.1, -0.05) is 17.7 Å². The third-order valence-corrected chi connectivity index (χ3v) is 4.60. The summed E-state index contributed by atoms with van der Waals surface area (Å²) in [6.07, 6.45) is 3.96. The average Bonchev–Trinajstić information content (AvgIpc) is 2.62. The van der Waals surface area contributed by atoms with Crippen molar-refractivity contribution in [2.45, 2.75) is 6.42 Å². The van der Waals surface area contributed by atoms with Crippen LogP contribution in [0.25, 0.3) is 0 Å². The lowest BCUT2D eigenvalue weighted by Crippen LogP contribution is -2.47. The van der Waals surface area contributed by atoms with E-state index in [0.29, 0.717) is 22.9 Å². The quantitative estimate of drug-likeness (QED) is 0.829. The average molecular weight is 351 g/mol. The first-order valence-corrected chi connectivity index (χ1v) is 8.31. The fourth-order valence-electron chi connectivity index (χ4n) is 2.83. The number of piperazine rings is 1. The molecule has 0 unspecified atom stereocenters. The fraction of sp³-hybridized carbons (Fsp3) is 0.412. The Morgan fingerprint density at radius 2 is 2.00 bits per heavy atom. The maximum absolute atomic E-state index is 13.8. The van der Waals surface area contributed by atoms with Crippen LogP contribution < -0.4 is 9.64 Å². The minimum absolute atomic E-state index is 0.229. The highest BCUT2D eigenvalue weighted by molar-refractivity contribution is 6.31. The summed E-state index contributed by atoms with van der Waals surface area (Å²) < 4.78 is 18.9. The summed E-state index contributed by atoms with van der Waals surface area (Å²) in [7, 11) is 1.58. The Balaban J connectivity index is 1.53. The molecule has 1 aromatic carbocycles. The molecule has 0 saturated carbocycles. The fourth-order valence-corrected chi connectivity index (χ4v) is 3.09. The highest BCUT2D eigenvalue weighted by Crippen LogP contribution is 2.20. The molecule has 0 spiro atoms. The normalized spacial score (nSPS) is 15.5. The van der Waals surface area contributed by atoms with Gasteiger partial charge in [-0.15, -0.1) is 0 Å². The second-order valence-electron chi connectivity index (χ2n) is 5.70. The molecule has 7 heteroatoms. The molecule has 0 radical (unpaired) electrons. The number of rotatable bonds is 5. The lowest BCUT2D eigenvalue weighted by molar-refractivity contribution is 0.259. The number of nitrogens with zero attached hydrogens (tertiary/aromatic N) is 4. The van der Waals surface area contributed by atoms with Crippen molar-refractivity contribution in [3.63, 3.8) is 0 Å². The van der Waals surface area contributed by atoms with Crippen LogP contribution in [-0.2, 0) is 6.42 Å². The van der Waals surface area contributed by atoms with E-state index in [1.54, 1.807) is 31.6 Å². The second-order valence-corrected chi connectivity index (χ2v) is 6.11. The number of anilines is 1. The summed E-state index contributed by atoms with van der Waals surface area (Å²) in [6, 6.07) is 4.83. The molecule has 24 heavy (non-hydrogen) atoms. The summed E-state index contributed by atoms with van der Waals surface area (Å²) in [6.45, 7) is 4.29. The molecule has 0 amide bonds. The van der Waals surface area contributed by atoms with E-state index in [4.69, 9.17) is 16.3 Å². The Hall–Kier alpha value is -1.92. The number of ether oxygens (including phenoxy) is 1. The van der Waals surface area contributed by atoms with Gasteiger partial charge in [0.1, 0.15) is 5.82 Å². The summed E-state index contributed by atoms with van der Waals surface area (Å²) >= 11 is 6.09. The van der Waals surface area contributed by atoms with E-state index in [1.807, 2.05) is 0 Å². The highest BCUT2D eigenvalue weighted by Gasteiger charge is 2.19. The number of methoxy groups -OCH3 is 1. The van der Waals surface area contributed by atoms with E-state index in [1.165, 1.54) is 6.07 Å². The van der Waals surface area contributed by atoms with E-state index in [0.717, 1.165) is 38.5 Å². The predicted molar refractivity (Wildman–Crippen MR) is 92.4 cm³/mol. The molecule has 128 valence electrons. The van der Waals surface area contributed by atoms with Gasteiger partial charge in [-0.2, -0.15) is 4.98 Å². The maximum atomic E-state index is 13.8. The van der Waals surface area contributed by atoms with Crippen LogP contribution in [0.15, 0.2) is 30.6 Å². The third kappa shape index (κ3) is 3.94. The van der Waals surface area contributed by atoms with Crippen molar-refractivity contribution < 1.29 is 9.13 Å². The molecule has 2 heterocycles. The first-order valence-electron chi connectivity index (χ1n) is 7.93. The first-order chi connectivity index (χ1) is 11.7. The van der Waals surface area contributed by atoms with Crippen LogP contribution in [-0.4, -0.2) is 54.7 Å². The van der Waals surface area contributed by atoms with Crippen LogP contribution in [0.2, 0.25) is 5.02 Å². The number of aromatic nitrogens is 2. The number of hydrogen-bond donors (Lipinski definition) is 0. The van der Waals surface area contributed by atoms with Crippen molar-refractivity contribution in [2.75, 3.05) is 44.7 Å². The molecule has 1 fully saturated rings. The zero-order valence-corrected chi connectivity index (χ0v) is 14.3. The molecular weight excluding hydrogens is 331 g/mol. The van der Waals surface area contributed by atoms with Gasteiger partial charge in [0, 0.05) is 43.3 Å². The molecule has 5 nitrogen and oxygen atoms in total. The van der Waals surface area contributed by atoms with Gasteiger partial charge in [0.2, 0.25) is 5.88 Å². The van der Waals surface area contributed by atoms with Gasteiger partial charge in [-0.25, -0.2) is 4.39 Å². The smallest absolute Gasteiger partial charge is 0.233 e. The lowest BCUT2D eigenvalue weighted by atomic mass is 10.1. The number of halogens is 2. The Morgan fingerprint density at radius 3 is 2.71 bits per heavy atom. The number of benzene rings is 1. The first kappa shape index (κ1) is 16.9. The molecule has 2 aromatic rings. The topological polar surface area (TPSA) is 41.5 Å². The predicted octanol–water partition coefficient (Wildman–Crippen LogP) is 2.64. The molecular formula is C17H20ClFN4O. The highest BCUT2D eigenvalue weighted by atomic mass is 35.5. The molecule has 0 bridgehead atoms. The molecule has 0 atom stereocenters. The molecule has 0 N–H and O–H groups in total. The minimum atomic E-state index is -0.229. The molecule has 1 aliphatic rings. The van der Waals surface area contributed by atoms with Gasteiger partial charge in [0.25, 0.3) is 0 Å². The van der Waals surface area contributed by atoms with Crippen LogP contribution in [0.1, 0.15) is 5.56 Å². The van der Waals surface area contributed by atoms with Gasteiger partial charge in [0.15, 0.2) is 5.82 Å². The van der Waals surface area contributed by atoms with E-state index in [9.17, 15) is 4.39 Å². The van der Waals surface area contributed by atoms with Crippen LogP contribution in [0.5, 0.6) is 5.88 Å². The third-order valence-electron chi connectivity index (χ3n) is 4.24. The van der Waals surface area contributed by atoms with Gasteiger partial charge in [0.05, 0.1) is 19.5 Å². The summed E-state index contributed by atoms with van der Waals surface area (Å²) in [5, 5.41) is 0.500. The van der Waals surface area contributed by atoms with Crippen molar-refractivity contribution in [1.29, 1.82) is 0 Å². The van der Waals surface area contributed by atoms with Crippen molar-refractivity contribution in [2.24, 2.45) is 0 Å². The minimum Gasteiger partial charge on any atom is -0.480 e. The SMILES string of the molecule is COc1cncc(N2CCN(CCc3c(F)cccc3Cl)CC2)n1. The Labute approximate surface area is 146 Å². The van der Waals surface area contributed by atoms with Crippen molar-refractivity contribution in [3.05, 3.63) is 47.0 Å². The molecule has 1 aromatic heterocycles. The molecule has 0 aliphatic carbocycles. The van der Waals surface area contributed by atoms with Gasteiger partial charge < -0.3 is 9.64 Å². The van der Waals surface area contributed by atoms with Crippen molar-refractivity contribution in [3.8, 4) is 5.88 Å². The number of hydrogen-bond acceptors (Lipinski definition) is 5.